The molecule has 0 atom stereocenters. The van der Waals surface area contributed by atoms with E-state index in [1.54, 1.807) is 24.3 Å². The molecular weight excluding hydrogens is 280 g/mol. The van der Waals surface area contributed by atoms with Gasteiger partial charge in [-0.15, -0.1) is 0 Å². The van der Waals surface area contributed by atoms with Crippen molar-refractivity contribution in [3.05, 3.63) is 24.3 Å². The molecule has 0 bridgehead atoms. The largest absolute Gasteiger partial charge is 0.479 e. The number of hydrogen-bond donors (Lipinski definition) is 1. The Bertz CT molecular complexity index is 571. The molecule has 1 fully saturated rings. The SMILES string of the molecule is N#CCOc1ccc(NS(=O)(=O)C2CCOCC2)cc1. The average Bonchev–Trinajstić information content (AvgIpc) is 2.47. The van der Waals surface area contributed by atoms with E-state index in [-0.39, 0.29) is 6.61 Å². The summed E-state index contributed by atoms with van der Waals surface area (Å²) in [6.45, 7) is 0.923. The number of nitrogens with zero attached hydrogens (tertiary/aromatic N) is 1. The van der Waals surface area contributed by atoms with Crippen LogP contribution in [0.4, 0.5) is 5.69 Å². The first-order chi connectivity index (χ1) is 9.62. The van der Waals surface area contributed by atoms with Gasteiger partial charge in [-0.3, -0.25) is 4.72 Å². The van der Waals surface area contributed by atoms with Gasteiger partial charge in [0.1, 0.15) is 11.8 Å². The number of hydrogen-bond acceptors (Lipinski definition) is 5. The van der Waals surface area contributed by atoms with Crippen molar-refractivity contribution < 1.29 is 17.9 Å². The van der Waals surface area contributed by atoms with E-state index in [0.717, 1.165) is 0 Å². The maximum Gasteiger partial charge on any atom is 0.235 e. The highest BCUT2D eigenvalue weighted by Gasteiger charge is 2.27. The predicted octanol–water partition coefficient (Wildman–Crippen LogP) is 1.51. The molecule has 2 rings (SSSR count). The normalized spacial score (nSPS) is 16.4. The molecule has 1 saturated heterocycles. The Hall–Kier alpha value is -1.78. The van der Waals surface area contributed by atoms with E-state index in [1.165, 1.54) is 0 Å². The molecule has 20 heavy (non-hydrogen) atoms. The summed E-state index contributed by atoms with van der Waals surface area (Å²) >= 11 is 0. The third-order valence-electron chi connectivity index (χ3n) is 3.02. The van der Waals surface area contributed by atoms with E-state index in [0.29, 0.717) is 37.5 Å². The van der Waals surface area contributed by atoms with E-state index in [4.69, 9.17) is 14.7 Å². The van der Waals surface area contributed by atoms with E-state index in [1.807, 2.05) is 6.07 Å². The van der Waals surface area contributed by atoms with Crippen molar-refractivity contribution in [1.82, 2.24) is 0 Å². The topological polar surface area (TPSA) is 88.4 Å². The summed E-state index contributed by atoms with van der Waals surface area (Å²) < 4.78 is 37.2. The van der Waals surface area contributed by atoms with Crippen LogP contribution in [0.1, 0.15) is 12.8 Å². The predicted molar refractivity (Wildman–Crippen MR) is 73.9 cm³/mol. The Labute approximate surface area is 118 Å². The summed E-state index contributed by atoms with van der Waals surface area (Å²) in [5.41, 5.74) is 0.487. The van der Waals surface area contributed by atoms with Crippen molar-refractivity contribution in [2.24, 2.45) is 0 Å². The van der Waals surface area contributed by atoms with Crippen LogP contribution in [-0.4, -0.2) is 33.5 Å². The number of benzene rings is 1. The first-order valence-corrected chi connectivity index (χ1v) is 7.85. The zero-order chi connectivity index (χ0) is 14.4. The quantitative estimate of drug-likeness (QED) is 0.889. The van der Waals surface area contributed by atoms with E-state index >= 15 is 0 Å². The van der Waals surface area contributed by atoms with Crippen molar-refractivity contribution in [3.63, 3.8) is 0 Å². The van der Waals surface area contributed by atoms with Crippen LogP contribution in [-0.2, 0) is 14.8 Å². The Kier molecular flexibility index (Phi) is 4.82. The molecule has 0 amide bonds. The van der Waals surface area contributed by atoms with Gasteiger partial charge in [0.25, 0.3) is 0 Å². The lowest BCUT2D eigenvalue weighted by atomic mass is 10.2. The summed E-state index contributed by atoms with van der Waals surface area (Å²) in [6.07, 6.45) is 1.03. The molecule has 0 radical (unpaired) electrons. The highest BCUT2D eigenvalue weighted by molar-refractivity contribution is 7.93. The fourth-order valence-corrected chi connectivity index (χ4v) is 3.41. The second kappa shape index (κ2) is 6.59. The van der Waals surface area contributed by atoms with Crippen LogP contribution in [0.15, 0.2) is 24.3 Å². The van der Waals surface area contributed by atoms with Crippen LogP contribution < -0.4 is 9.46 Å². The summed E-state index contributed by atoms with van der Waals surface area (Å²) in [5, 5.41) is 7.99. The van der Waals surface area contributed by atoms with Gasteiger partial charge >= 0.3 is 0 Å². The molecule has 0 saturated carbocycles. The van der Waals surface area contributed by atoms with E-state index in [9.17, 15) is 8.42 Å². The third kappa shape index (κ3) is 3.85. The lowest BCUT2D eigenvalue weighted by Crippen LogP contribution is -2.33. The van der Waals surface area contributed by atoms with Crippen LogP contribution in [0, 0.1) is 11.3 Å². The molecule has 0 unspecified atom stereocenters. The highest BCUT2D eigenvalue weighted by atomic mass is 32.2. The zero-order valence-corrected chi connectivity index (χ0v) is 11.7. The van der Waals surface area contributed by atoms with Crippen LogP contribution in [0.5, 0.6) is 5.75 Å². The fraction of sp³-hybridized carbons (Fsp3) is 0.462. The molecular formula is C13H16N2O4S. The molecule has 1 aromatic rings. The van der Waals surface area contributed by atoms with E-state index in [2.05, 4.69) is 4.72 Å². The van der Waals surface area contributed by atoms with Crippen molar-refractivity contribution in [2.75, 3.05) is 24.5 Å². The number of sulfonamides is 1. The molecule has 1 aliphatic rings. The average molecular weight is 296 g/mol. The van der Waals surface area contributed by atoms with Crippen LogP contribution in [0.25, 0.3) is 0 Å². The number of anilines is 1. The molecule has 7 heteroatoms. The number of nitrogens with one attached hydrogen (secondary N) is 1. The van der Waals surface area contributed by atoms with Gasteiger partial charge in [0.2, 0.25) is 10.0 Å². The van der Waals surface area contributed by atoms with Crippen molar-refractivity contribution >= 4 is 15.7 Å². The molecule has 1 N–H and O–H groups in total. The van der Waals surface area contributed by atoms with Gasteiger partial charge in [-0.05, 0) is 37.1 Å². The standard InChI is InChI=1S/C13H16N2O4S/c14-7-10-19-12-3-1-11(2-4-12)15-20(16,17)13-5-8-18-9-6-13/h1-4,13,15H,5-6,8-10H2. The molecule has 6 nitrogen and oxygen atoms in total. The second-order valence-electron chi connectivity index (χ2n) is 4.43. The molecule has 0 aliphatic carbocycles. The smallest absolute Gasteiger partial charge is 0.235 e. The monoisotopic (exact) mass is 296 g/mol. The van der Waals surface area contributed by atoms with Crippen LogP contribution in [0.2, 0.25) is 0 Å². The van der Waals surface area contributed by atoms with Crippen molar-refractivity contribution in [3.8, 4) is 11.8 Å². The van der Waals surface area contributed by atoms with Crippen molar-refractivity contribution in [2.45, 2.75) is 18.1 Å². The Morgan fingerprint density at radius 3 is 2.55 bits per heavy atom. The first kappa shape index (κ1) is 14.6. The highest BCUT2D eigenvalue weighted by Crippen LogP contribution is 2.21. The second-order valence-corrected chi connectivity index (χ2v) is 6.39. The minimum Gasteiger partial charge on any atom is -0.479 e. The van der Waals surface area contributed by atoms with Crippen LogP contribution >= 0.6 is 0 Å². The summed E-state index contributed by atoms with van der Waals surface area (Å²) in [4.78, 5) is 0. The number of rotatable bonds is 5. The van der Waals surface area contributed by atoms with Gasteiger partial charge in [0.05, 0.1) is 5.25 Å². The van der Waals surface area contributed by atoms with Gasteiger partial charge < -0.3 is 9.47 Å². The summed E-state index contributed by atoms with van der Waals surface area (Å²) in [5.74, 6) is 0.528. The van der Waals surface area contributed by atoms with Gasteiger partial charge in [-0.2, -0.15) is 5.26 Å². The first-order valence-electron chi connectivity index (χ1n) is 6.31. The van der Waals surface area contributed by atoms with Crippen molar-refractivity contribution in [1.29, 1.82) is 5.26 Å². The molecule has 0 spiro atoms. The molecule has 108 valence electrons. The Balaban J connectivity index is 2.00. The number of ether oxygens (including phenoxy) is 2. The van der Waals surface area contributed by atoms with Gasteiger partial charge in [-0.1, -0.05) is 0 Å². The Morgan fingerprint density at radius 1 is 1.30 bits per heavy atom. The summed E-state index contributed by atoms with van der Waals surface area (Å²) in [7, 11) is -3.39. The Morgan fingerprint density at radius 2 is 1.95 bits per heavy atom. The fourth-order valence-electron chi connectivity index (χ4n) is 1.97. The van der Waals surface area contributed by atoms with Gasteiger partial charge in [-0.25, -0.2) is 8.42 Å². The minimum absolute atomic E-state index is 0.0346. The molecule has 1 heterocycles. The molecule has 0 aromatic heterocycles. The maximum atomic E-state index is 12.2. The lowest BCUT2D eigenvalue weighted by molar-refractivity contribution is 0.0984. The summed E-state index contributed by atoms with van der Waals surface area (Å²) in [6, 6.07) is 8.34. The molecule has 1 aromatic carbocycles. The van der Waals surface area contributed by atoms with Gasteiger partial charge in [0, 0.05) is 18.9 Å². The lowest BCUT2D eigenvalue weighted by Gasteiger charge is -2.22. The zero-order valence-electron chi connectivity index (χ0n) is 10.9. The van der Waals surface area contributed by atoms with E-state index < -0.39 is 15.3 Å². The van der Waals surface area contributed by atoms with Crippen LogP contribution in [0.3, 0.4) is 0 Å². The van der Waals surface area contributed by atoms with Gasteiger partial charge in [0.15, 0.2) is 6.61 Å². The molecule has 1 aliphatic heterocycles. The third-order valence-corrected chi connectivity index (χ3v) is 4.89. The maximum absolute atomic E-state index is 12.2. The minimum atomic E-state index is -3.39. The number of nitriles is 1.